The van der Waals surface area contributed by atoms with Gasteiger partial charge in [0.15, 0.2) is 0 Å². The van der Waals surface area contributed by atoms with Gasteiger partial charge in [0.05, 0.1) is 6.54 Å². The minimum Gasteiger partial charge on any atom is -0.386 e. The highest BCUT2D eigenvalue weighted by Crippen LogP contribution is 2.19. The number of hydrogen-bond acceptors (Lipinski definition) is 4. The molecule has 0 spiro atoms. The van der Waals surface area contributed by atoms with Crippen LogP contribution in [0, 0.1) is 0 Å². The van der Waals surface area contributed by atoms with Crippen molar-refractivity contribution in [1.29, 1.82) is 0 Å². The Hall–Kier alpha value is -1.53. The second-order valence-corrected chi connectivity index (χ2v) is 4.42. The highest BCUT2D eigenvalue weighted by atomic mass is 19.1. The van der Waals surface area contributed by atoms with Crippen molar-refractivity contribution in [2.24, 2.45) is 5.73 Å². The lowest BCUT2D eigenvalue weighted by Gasteiger charge is -2.23. The van der Waals surface area contributed by atoms with Gasteiger partial charge in [0, 0.05) is 18.9 Å². The van der Waals surface area contributed by atoms with Gasteiger partial charge in [-0.05, 0) is 24.1 Å². The summed E-state index contributed by atoms with van der Waals surface area (Å²) in [5.41, 5.74) is 6.26. The van der Waals surface area contributed by atoms with Crippen LogP contribution in [0.25, 0.3) is 0 Å². The number of carbonyl (C=O) groups is 1. The van der Waals surface area contributed by atoms with E-state index in [1.807, 2.05) is 0 Å². The van der Waals surface area contributed by atoms with Gasteiger partial charge < -0.3 is 15.7 Å². The number of rotatable bonds is 3. The fraction of sp³-hybridized carbons (Fsp3) is 0.500. The van der Waals surface area contributed by atoms with Crippen LogP contribution in [0.4, 0.5) is 4.39 Å². The summed E-state index contributed by atoms with van der Waals surface area (Å²) < 4.78 is 13.0. The Balaban J connectivity index is 2.02. The van der Waals surface area contributed by atoms with Crippen LogP contribution in [0.5, 0.6) is 0 Å². The van der Waals surface area contributed by atoms with Crippen LogP contribution in [0.1, 0.15) is 18.1 Å². The second-order valence-electron chi connectivity index (χ2n) is 4.42. The van der Waals surface area contributed by atoms with E-state index in [4.69, 9.17) is 5.73 Å². The van der Waals surface area contributed by atoms with Crippen LogP contribution in [-0.4, -0.2) is 46.2 Å². The zero-order valence-electron chi connectivity index (χ0n) is 9.87. The highest BCUT2D eigenvalue weighted by Gasteiger charge is 2.32. The van der Waals surface area contributed by atoms with Gasteiger partial charge >= 0.3 is 0 Å². The summed E-state index contributed by atoms with van der Waals surface area (Å²) in [5.74, 6) is -0.417. The fourth-order valence-electron chi connectivity index (χ4n) is 2.03. The van der Waals surface area contributed by atoms with E-state index in [0.717, 1.165) is 0 Å². The number of nitrogens with two attached hydrogens (primary N) is 1. The Morgan fingerprint density at radius 2 is 2.22 bits per heavy atom. The number of hydrogen-bond donors (Lipinski definition) is 2. The number of halogens is 1. The molecule has 3 N–H and O–H groups in total. The maximum atomic E-state index is 13.0. The van der Waals surface area contributed by atoms with Crippen LogP contribution < -0.4 is 5.73 Å². The molecule has 18 heavy (non-hydrogen) atoms. The molecule has 0 saturated carbocycles. The number of carbonyl (C=O) groups excluding carboxylic acids is 1. The molecule has 0 aromatic carbocycles. The van der Waals surface area contributed by atoms with Crippen LogP contribution in [0.3, 0.4) is 0 Å². The van der Waals surface area contributed by atoms with Crippen molar-refractivity contribution in [3.8, 4) is 0 Å². The number of pyridine rings is 1. The Kier molecular flexibility index (Phi) is 3.88. The first-order valence-corrected chi connectivity index (χ1v) is 5.86. The molecule has 98 valence electrons. The van der Waals surface area contributed by atoms with Gasteiger partial charge in [0.2, 0.25) is 5.91 Å². The summed E-state index contributed by atoms with van der Waals surface area (Å²) >= 11 is 0. The lowest BCUT2D eigenvalue weighted by Crippen LogP contribution is -2.46. The molecule has 0 bridgehead atoms. The number of nitrogens with zero attached hydrogens (tertiary/aromatic N) is 2. The molecular weight excluding hydrogens is 237 g/mol. The first-order chi connectivity index (χ1) is 8.59. The minimum atomic E-state index is -1.10. The fourth-order valence-corrected chi connectivity index (χ4v) is 2.03. The van der Waals surface area contributed by atoms with E-state index in [2.05, 4.69) is 4.98 Å². The Bertz CT molecular complexity index is 415. The summed E-state index contributed by atoms with van der Waals surface area (Å²) in [6.07, 6.45) is 1.29. The van der Waals surface area contributed by atoms with Crippen LogP contribution in [-0.2, 0) is 4.79 Å². The van der Waals surface area contributed by atoms with Crippen LogP contribution in [0.15, 0.2) is 24.5 Å². The van der Waals surface area contributed by atoms with Gasteiger partial charge in [-0.25, -0.2) is 4.39 Å². The van der Waals surface area contributed by atoms with Gasteiger partial charge in [-0.2, -0.15) is 0 Å². The molecule has 3 atom stereocenters. The van der Waals surface area contributed by atoms with E-state index in [1.165, 1.54) is 17.3 Å². The summed E-state index contributed by atoms with van der Waals surface area (Å²) in [6, 6.07) is 2.12. The summed E-state index contributed by atoms with van der Waals surface area (Å²) in [6.45, 7) is 0.423. The molecule has 1 aliphatic heterocycles. The average Bonchev–Trinajstić information content (AvgIpc) is 2.84. The Labute approximate surface area is 104 Å². The number of alkyl halides is 1. The Morgan fingerprint density at radius 3 is 2.78 bits per heavy atom. The molecule has 2 unspecified atom stereocenters. The molecule has 1 amide bonds. The van der Waals surface area contributed by atoms with Crippen molar-refractivity contribution in [2.45, 2.75) is 24.7 Å². The third kappa shape index (κ3) is 2.65. The second kappa shape index (κ2) is 5.41. The van der Waals surface area contributed by atoms with E-state index in [9.17, 15) is 14.3 Å². The van der Waals surface area contributed by atoms with Crippen molar-refractivity contribution >= 4 is 5.91 Å². The van der Waals surface area contributed by atoms with Crippen molar-refractivity contribution in [1.82, 2.24) is 9.88 Å². The molecule has 1 fully saturated rings. The molecule has 1 aromatic rings. The van der Waals surface area contributed by atoms with E-state index in [-0.39, 0.29) is 6.54 Å². The molecule has 2 heterocycles. The molecule has 5 nitrogen and oxygen atoms in total. The first kappa shape index (κ1) is 12.9. The molecule has 2 rings (SSSR count). The SMILES string of the molecule is NC(C(=O)N1CC[C@H](F)C1)C(O)c1ccncc1. The quantitative estimate of drug-likeness (QED) is 0.795. The Morgan fingerprint density at radius 1 is 1.56 bits per heavy atom. The van der Waals surface area contributed by atoms with Gasteiger partial charge in [-0.15, -0.1) is 0 Å². The smallest absolute Gasteiger partial charge is 0.242 e. The maximum Gasteiger partial charge on any atom is 0.242 e. The third-order valence-electron chi connectivity index (χ3n) is 3.12. The van der Waals surface area contributed by atoms with Gasteiger partial charge in [-0.1, -0.05) is 0 Å². The molecular formula is C12H16FN3O2. The number of aromatic nitrogens is 1. The number of likely N-dealkylation sites (tertiary alicyclic amines) is 1. The molecule has 1 aromatic heterocycles. The molecule has 1 saturated heterocycles. The summed E-state index contributed by atoms with van der Waals surface area (Å²) in [4.78, 5) is 17.1. The monoisotopic (exact) mass is 253 g/mol. The van der Waals surface area contributed by atoms with E-state index >= 15 is 0 Å². The zero-order valence-corrected chi connectivity index (χ0v) is 9.87. The predicted molar refractivity (Wildman–Crippen MR) is 63.3 cm³/mol. The van der Waals surface area contributed by atoms with E-state index < -0.39 is 24.2 Å². The average molecular weight is 253 g/mol. The van der Waals surface area contributed by atoms with Crippen LogP contribution in [0.2, 0.25) is 0 Å². The van der Waals surface area contributed by atoms with Crippen LogP contribution >= 0.6 is 0 Å². The summed E-state index contributed by atoms with van der Waals surface area (Å²) in [5, 5.41) is 9.99. The minimum absolute atomic E-state index is 0.0651. The van der Waals surface area contributed by atoms with Gasteiger partial charge in [0.1, 0.15) is 18.3 Å². The summed E-state index contributed by atoms with van der Waals surface area (Å²) in [7, 11) is 0. The molecule has 6 heteroatoms. The lowest BCUT2D eigenvalue weighted by molar-refractivity contribution is -0.134. The first-order valence-electron chi connectivity index (χ1n) is 5.86. The lowest BCUT2D eigenvalue weighted by atomic mass is 10.0. The zero-order chi connectivity index (χ0) is 13.1. The third-order valence-corrected chi connectivity index (χ3v) is 3.12. The normalized spacial score (nSPS) is 22.8. The molecule has 0 radical (unpaired) electrons. The maximum absolute atomic E-state index is 13.0. The number of aliphatic hydroxyl groups excluding tert-OH is 1. The van der Waals surface area contributed by atoms with Gasteiger partial charge in [-0.3, -0.25) is 9.78 Å². The largest absolute Gasteiger partial charge is 0.386 e. The molecule has 0 aliphatic carbocycles. The van der Waals surface area contributed by atoms with Crippen molar-refractivity contribution < 1.29 is 14.3 Å². The standard InChI is InChI=1S/C12H16FN3O2/c13-9-3-6-16(7-9)12(18)10(14)11(17)8-1-4-15-5-2-8/h1-2,4-5,9-11,17H,3,6-7,14H2/t9-,10?,11?/m0/s1. The van der Waals surface area contributed by atoms with Crippen molar-refractivity contribution in [3.05, 3.63) is 30.1 Å². The topological polar surface area (TPSA) is 79.5 Å². The number of amides is 1. The van der Waals surface area contributed by atoms with Gasteiger partial charge in [0.25, 0.3) is 0 Å². The molecule has 1 aliphatic rings. The number of aliphatic hydroxyl groups is 1. The van der Waals surface area contributed by atoms with E-state index in [0.29, 0.717) is 18.5 Å². The highest BCUT2D eigenvalue weighted by molar-refractivity contribution is 5.82. The van der Waals surface area contributed by atoms with Crippen molar-refractivity contribution in [2.75, 3.05) is 13.1 Å². The predicted octanol–water partition coefficient (Wildman–Crippen LogP) is 0.0127. The van der Waals surface area contributed by atoms with Crippen molar-refractivity contribution in [3.63, 3.8) is 0 Å². The van der Waals surface area contributed by atoms with E-state index in [1.54, 1.807) is 12.1 Å².